The van der Waals surface area contributed by atoms with Crippen molar-refractivity contribution < 1.29 is 18.0 Å². The molecule has 0 aliphatic rings. The van der Waals surface area contributed by atoms with Gasteiger partial charge in [-0.2, -0.15) is 0 Å². The van der Waals surface area contributed by atoms with E-state index in [-0.39, 0.29) is 24.9 Å². The van der Waals surface area contributed by atoms with E-state index in [0.29, 0.717) is 27.7 Å². The maximum absolute atomic E-state index is 14.1. The zero-order valence-electron chi connectivity index (χ0n) is 22.5. The maximum atomic E-state index is 14.1. The smallest absolute Gasteiger partial charge is 0.244 e. The molecule has 0 aliphatic heterocycles. The number of nitrogens with zero attached hydrogens (tertiary/aromatic N) is 2. The van der Waals surface area contributed by atoms with Crippen LogP contribution in [-0.2, 0) is 32.6 Å². The van der Waals surface area contributed by atoms with Gasteiger partial charge in [0.1, 0.15) is 12.6 Å². The van der Waals surface area contributed by atoms with Crippen LogP contribution in [0.1, 0.15) is 31.4 Å². The third-order valence-corrected chi connectivity index (χ3v) is 8.87. The van der Waals surface area contributed by atoms with Gasteiger partial charge in [-0.05, 0) is 83.5 Å². The first-order valence-electron chi connectivity index (χ1n) is 12.7. The maximum Gasteiger partial charge on any atom is 0.244 e. The molecule has 0 unspecified atom stereocenters. The molecule has 0 saturated heterocycles. The van der Waals surface area contributed by atoms with Gasteiger partial charge in [0.05, 0.1) is 11.9 Å². The number of carbonyl (C=O) groups is 2. The highest BCUT2D eigenvalue weighted by Gasteiger charge is 2.33. The quantitative estimate of drug-likeness (QED) is 0.236. The largest absolute Gasteiger partial charge is 0.352 e. The van der Waals surface area contributed by atoms with E-state index in [0.717, 1.165) is 19.7 Å². The zero-order valence-corrected chi connectivity index (χ0v) is 27.0. The molecule has 0 bridgehead atoms. The highest BCUT2D eigenvalue weighted by Crippen LogP contribution is 2.25. The number of anilines is 1. The number of rotatable bonds is 12. The third kappa shape index (κ3) is 9.09. The molecular weight excluding hydrogens is 684 g/mol. The lowest BCUT2D eigenvalue weighted by atomic mass is 10.0. The molecule has 3 aromatic rings. The van der Waals surface area contributed by atoms with E-state index in [9.17, 15) is 18.0 Å². The highest BCUT2D eigenvalue weighted by molar-refractivity contribution is 14.1. The van der Waals surface area contributed by atoms with Gasteiger partial charge in [0.2, 0.25) is 21.8 Å². The molecule has 7 nitrogen and oxygen atoms in total. The Morgan fingerprint density at radius 3 is 2.23 bits per heavy atom. The van der Waals surface area contributed by atoms with Gasteiger partial charge in [0.25, 0.3) is 0 Å². The summed E-state index contributed by atoms with van der Waals surface area (Å²) in [6.45, 7) is 3.33. The van der Waals surface area contributed by atoms with Crippen molar-refractivity contribution in [3.63, 3.8) is 0 Å². The fraction of sp³-hybridized carbons (Fsp3) is 0.310. The first kappa shape index (κ1) is 32.2. The van der Waals surface area contributed by atoms with Crippen molar-refractivity contribution in [2.24, 2.45) is 0 Å². The molecule has 2 atom stereocenters. The molecule has 214 valence electrons. The molecule has 3 rings (SSSR count). The first-order valence-corrected chi connectivity index (χ1v) is 16.4. The molecule has 0 radical (unpaired) electrons. The minimum atomic E-state index is -3.83. The lowest BCUT2D eigenvalue weighted by Gasteiger charge is -2.34. The molecule has 0 aliphatic carbocycles. The first-order chi connectivity index (χ1) is 18.9. The molecule has 2 amide bonds. The Balaban J connectivity index is 2.08. The number of sulfonamides is 1. The van der Waals surface area contributed by atoms with Crippen molar-refractivity contribution in [1.82, 2.24) is 10.2 Å². The number of hydrogen-bond acceptors (Lipinski definition) is 4. The van der Waals surface area contributed by atoms with Crippen molar-refractivity contribution in [3.8, 4) is 0 Å². The summed E-state index contributed by atoms with van der Waals surface area (Å²) in [4.78, 5) is 29.2. The van der Waals surface area contributed by atoms with E-state index < -0.39 is 28.5 Å². The summed E-state index contributed by atoms with van der Waals surface area (Å²) in [7, 11) is -3.83. The summed E-state index contributed by atoms with van der Waals surface area (Å²) in [5, 5.41) is 3.77. The normalized spacial score (nSPS) is 12.8. The van der Waals surface area contributed by atoms with Crippen LogP contribution in [0.25, 0.3) is 0 Å². The Bertz CT molecular complexity index is 1420. The van der Waals surface area contributed by atoms with Crippen LogP contribution in [-0.4, -0.2) is 50.0 Å². The molecule has 0 fully saturated rings. The monoisotopic (exact) mass is 715 g/mol. The summed E-state index contributed by atoms with van der Waals surface area (Å²) in [5.74, 6) is -0.882. The minimum absolute atomic E-state index is 0.0233. The second-order valence-electron chi connectivity index (χ2n) is 9.53. The second kappa shape index (κ2) is 14.5. The summed E-state index contributed by atoms with van der Waals surface area (Å²) < 4.78 is 27.7. The van der Waals surface area contributed by atoms with Crippen LogP contribution in [0.4, 0.5) is 5.69 Å². The number of benzene rings is 3. The number of hydrogen-bond donors (Lipinski definition) is 1. The molecular formula is C29H32Cl2IN3O4S. The zero-order chi connectivity index (χ0) is 29.4. The summed E-state index contributed by atoms with van der Waals surface area (Å²) >= 11 is 14.7. The van der Waals surface area contributed by atoms with Gasteiger partial charge in [0, 0.05) is 32.6 Å². The Labute approximate surface area is 260 Å². The van der Waals surface area contributed by atoms with Gasteiger partial charge in [0.15, 0.2) is 0 Å². The SMILES string of the molecule is CC[C@H](C)NC(=O)[C@@H](Cc1ccccc1)N(Cc1ccc(Cl)cc1Cl)C(=O)CN(c1ccc(I)cc1)S(C)(=O)=O. The van der Waals surface area contributed by atoms with Crippen molar-refractivity contribution in [2.45, 2.75) is 45.3 Å². The molecule has 0 aromatic heterocycles. The standard InChI is InChI=1S/C29H32Cl2IN3O4S/c1-4-20(2)33-29(37)27(16-21-8-6-5-7-9-21)34(18-22-10-11-23(30)17-26(22)31)28(36)19-35(40(3,38)39)25-14-12-24(32)13-15-25/h5-15,17,20,27H,4,16,18-19H2,1-3H3,(H,33,37)/t20-,27+/m0/s1. The van der Waals surface area contributed by atoms with Crippen LogP contribution in [0.2, 0.25) is 10.0 Å². The van der Waals surface area contributed by atoms with Crippen molar-refractivity contribution in [2.75, 3.05) is 17.1 Å². The van der Waals surface area contributed by atoms with E-state index in [1.165, 1.54) is 4.90 Å². The third-order valence-electron chi connectivity index (χ3n) is 6.42. The average Bonchev–Trinajstić information content (AvgIpc) is 2.90. The van der Waals surface area contributed by atoms with Gasteiger partial charge < -0.3 is 10.2 Å². The lowest BCUT2D eigenvalue weighted by molar-refractivity contribution is -0.140. The fourth-order valence-electron chi connectivity index (χ4n) is 4.05. The van der Waals surface area contributed by atoms with Crippen LogP contribution in [0, 0.1) is 3.57 Å². The second-order valence-corrected chi connectivity index (χ2v) is 13.5. The molecule has 0 saturated carbocycles. The van der Waals surface area contributed by atoms with E-state index in [1.807, 2.05) is 44.2 Å². The fourth-order valence-corrected chi connectivity index (χ4v) is 5.73. The highest BCUT2D eigenvalue weighted by atomic mass is 127. The molecule has 0 spiro atoms. The van der Waals surface area contributed by atoms with Crippen LogP contribution >= 0.6 is 45.8 Å². The Morgan fingerprint density at radius 1 is 1.00 bits per heavy atom. The van der Waals surface area contributed by atoms with Crippen LogP contribution in [0.3, 0.4) is 0 Å². The molecule has 11 heteroatoms. The lowest BCUT2D eigenvalue weighted by Crippen LogP contribution is -2.54. The van der Waals surface area contributed by atoms with Gasteiger partial charge in [-0.1, -0.05) is 66.5 Å². The van der Waals surface area contributed by atoms with E-state index in [2.05, 4.69) is 27.9 Å². The van der Waals surface area contributed by atoms with Crippen LogP contribution in [0.5, 0.6) is 0 Å². The van der Waals surface area contributed by atoms with Crippen LogP contribution in [0.15, 0.2) is 72.8 Å². The molecule has 1 N–H and O–H groups in total. The number of nitrogens with one attached hydrogen (secondary N) is 1. The number of halogens is 3. The Kier molecular flexibility index (Phi) is 11.7. The van der Waals surface area contributed by atoms with Crippen molar-refractivity contribution in [1.29, 1.82) is 0 Å². The molecule has 0 heterocycles. The predicted octanol–water partition coefficient (Wildman–Crippen LogP) is 5.92. The Morgan fingerprint density at radius 2 is 1.65 bits per heavy atom. The van der Waals surface area contributed by atoms with Gasteiger partial charge >= 0.3 is 0 Å². The van der Waals surface area contributed by atoms with E-state index in [4.69, 9.17) is 23.2 Å². The molecule has 40 heavy (non-hydrogen) atoms. The van der Waals surface area contributed by atoms with Gasteiger partial charge in [-0.25, -0.2) is 8.42 Å². The van der Waals surface area contributed by atoms with Crippen LogP contribution < -0.4 is 9.62 Å². The molecule has 3 aromatic carbocycles. The van der Waals surface area contributed by atoms with E-state index >= 15 is 0 Å². The van der Waals surface area contributed by atoms with E-state index in [1.54, 1.807) is 42.5 Å². The predicted molar refractivity (Wildman–Crippen MR) is 170 cm³/mol. The summed E-state index contributed by atoms with van der Waals surface area (Å²) in [6.07, 6.45) is 1.98. The number of amides is 2. The number of carbonyl (C=O) groups excluding carboxylic acids is 2. The topological polar surface area (TPSA) is 86.8 Å². The van der Waals surface area contributed by atoms with Gasteiger partial charge in [-0.3, -0.25) is 13.9 Å². The Hall–Kier alpha value is -2.34. The minimum Gasteiger partial charge on any atom is -0.352 e. The average molecular weight is 716 g/mol. The summed E-state index contributed by atoms with van der Waals surface area (Å²) in [5.41, 5.74) is 1.78. The van der Waals surface area contributed by atoms with Gasteiger partial charge in [-0.15, -0.1) is 0 Å². The summed E-state index contributed by atoms with van der Waals surface area (Å²) in [6, 6.07) is 20.1. The van der Waals surface area contributed by atoms with Crippen molar-refractivity contribution in [3.05, 3.63) is 97.5 Å². The van der Waals surface area contributed by atoms with Crippen molar-refractivity contribution >= 4 is 73.3 Å².